The highest BCUT2D eigenvalue weighted by atomic mass is 16.1. The van der Waals surface area contributed by atoms with Gasteiger partial charge >= 0.3 is 0 Å². The molecular formula is C15H24N2O. The van der Waals surface area contributed by atoms with Gasteiger partial charge in [-0.3, -0.25) is 4.79 Å². The molecule has 1 aromatic carbocycles. The molecule has 0 aliphatic heterocycles. The molecule has 3 nitrogen and oxygen atoms in total. The van der Waals surface area contributed by atoms with Crippen LogP contribution < -0.4 is 10.6 Å². The quantitative estimate of drug-likeness (QED) is 0.859. The standard InChI is InChI=1S/C15H24N2O/c1-11(15(2,3)4)10-17-14(18)12-8-6-7-9-13(12)16-5/h6-9,11,16H,10H2,1-5H3,(H,17,18). The number of para-hydroxylation sites is 1. The zero-order valence-corrected chi connectivity index (χ0v) is 12.0. The van der Waals surface area contributed by atoms with Crippen molar-refractivity contribution in [2.24, 2.45) is 11.3 Å². The third-order valence-corrected chi connectivity index (χ3v) is 3.49. The van der Waals surface area contributed by atoms with Crippen LogP contribution in [0.5, 0.6) is 0 Å². The number of carbonyl (C=O) groups is 1. The SMILES string of the molecule is CNc1ccccc1C(=O)NCC(C)C(C)(C)C. The first-order valence-corrected chi connectivity index (χ1v) is 6.41. The van der Waals surface area contributed by atoms with Gasteiger partial charge in [-0.15, -0.1) is 0 Å². The lowest BCUT2D eigenvalue weighted by atomic mass is 9.82. The first-order chi connectivity index (χ1) is 8.36. The second kappa shape index (κ2) is 5.89. The van der Waals surface area contributed by atoms with E-state index < -0.39 is 0 Å². The van der Waals surface area contributed by atoms with Gasteiger partial charge in [-0.1, -0.05) is 39.8 Å². The second-order valence-corrected chi connectivity index (χ2v) is 5.77. The Morgan fingerprint density at radius 2 is 1.89 bits per heavy atom. The maximum absolute atomic E-state index is 12.1. The zero-order chi connectivity index (χ0) is 13.8. The van der Waals surface area contributed by atoms with Crippen molar-refractivity contribution in [1.29, 1.82) is 0 Å². The van der Waals surface area contributed by atoms with Gasteiger partial charge < -0.3 is 10.6 Å². The average molecular weight is 248 g/mol. The van der Waals surface area contributed by atoms with Crippen molar-refractivity contribution >= 4 is 11.6 Å². The van der Waals surface area contributed by atoms with Gasteiger partial charge in [-0.25, -0.2) is 0 Å². The van der Waals surface area contributed by atoms with Gasteiger partial charge in [0, 0.05) is 19.3 Å². The van der Waals surface area contributed by atoms with E-state index in [9.17, 15) is 4.79 Å². The smallest absolute Gasteiger partial charge is 0.253 e. The van der Waals surface area contributed by atoms with Crippen LogP contribution in [-0.4, -0.2) is 19.5 Å². The summed E-state index contributed by atoms with van der Waals surface area (Å²) in [6, 6.07) is 7.54. The predicted molar refractivity (Wildman–Crippen MR) is 76.9 cm³/mol. The minimum absolute atomic E-state index is 0.0175. The van der Waals surface area contributed by atoms with Gasteiger partial charge in [-0.05, 0) is 23.5 Å². The Kier molecular flexibility index (Phi) is 4.76. The molecule has 0 bridgehead atoms. The van der Waals surface area contributed by atoms with E-state index in [1.54, 1.807) is 0 Å². The number of amides is 1. The molecule has 2 N–H and O–H groups in total. The minimum atomic E-state index is -0.0175. The molecule has 0 aliphatic carbocycles. The number of carbonyl (C=O) groups excluding carboxylic acids is 1. The molecule has 1 aromatic rings. The fourth-order valence-electron chi connectivity index (χ4n) is 1.55. The summed E-state index contributed by atoms with van der Waals surface area (Å²) in [4.78, 5) is 12.1. The van der Waals surface area contributed by atoms with Crippen molar-refractivity contribution in [2.75, 3.05) is 18.9 Å². The summed E-state index contributed by atoms with van der Waals surface area (Å²) in [5.41, 5.74) is 1.76. The summed E-state index contributed by atoms with van der Waals surface area (Å²) in [6.45, 7) is 9.41. The molecule has 0 saturated carbocycles. The Bertz CT molecular complexity index is 407. The monoisotopic (exact) mass is 248 g/mol. The molecule has 0 heterocycles. The molecule has 0 aliphatic rings. The van der Waals surface area contributed by atoms with Gasteiger partial charge in [0.05, 0.1) is 5.56 Å². The number of rotatable bonds is 4. The summed E-state index contributed by atoms with van der Waals surface area (Å²) in [7, 11) is 1.82. The van der Waals surface area contributed by atoms with Crippen LogP contribution in [-0.2, 0) is 0 Å². The lowest BCUT2D eigenvalue weighted by Gasteiger charge is -2.27. The van der Waals surface area contributed by atoms with Crippen molar-refractivity contribution < 1.29 is 4.79 Å². The molecular weight excluding hydrogens is 224 g/mol. The summed E-state index contributed by atoms with van der Waals surface area (Å²) < 4.78 is 0. The molecule has 0 aromatic heterocycles. The summed E-state index contributed by atoms with van der Waals surface area (Å²) in [5, 5.41) is 6.03. The molecule has 18 heavy (non-hydrogen) atoms. The van der Waals surface area contributed by atoms with Crippen molar-refractivity contribution in [3.63, 3.8) is 0 Å². The molecule has 1 unspecified atom stereocenters. The maximum atomic E-state index is 12.1. The first kappa shape index (κ1) is 14.6. The lowest BCUT2D eigenvalue weighted by Crippen LogP contribution is -2.33. The van der Waals surface area contributed by atoms with Crippen LogP contribution in [0.25, 0.3) is 0 Å². The second-order valence-electron chi connectivity index (χ2n) is 5.77. The zero-order valence-electron chi connectivity index (χ0n) is 12.0. The van der Waals surface area contributed by atoms with Crippen LogP contribution in [0, 0.1) is 11.3 Å². The van der Waals surface area contributed by atoms with Gasteiger partial charge in [0.15, 0.2) is 0 Å². The summed E-state index contributed by atoms with van der Waals surface area (Å²) in [6.07, 6.45) is 0. The van der Waals surface area contributed by atoms with E-state index in [1.807, 2.05) is 31.3 Å². The first-order valence-electron chi connectivity index (χ1n) is 6.41. The number of hydrogen-bond donors (Lipinski definition) is 2. The van der Waals surface area contributed by atoms with E-state index in [0.717, 1.165) is 5.69 Å². The van der Waals surface area contributed by atoms with E-state index in [2.05, 4.69) is 38.3 Å². The van der Waals surface area contributed by atoms with Gasteiger partial charge in [0.25, 0.3) is 5.91 Å². The Morgan fingerprint density at radius 3 is 2.44 bits per heavy atom. The van der Waals surface area contributed by atoms with Crippen molar-refractivity contribution in [3.8, 4) is 0 Å². The highest BCUT2D eigenvalue weighted by molar-refractivity contribution is 5.99. The van der Waals surface area contributed by atoms with Crippen molar-refractivity contribution in [3.05, 3.63) is 29.8 Å². The number of nitrogens with one attached hydrogen (secondary N) is 2. The Morgan fingerprint density at radius 1 is 1.28 bits per heavy atom. The lowest BCUT2D eigenvalue weighted by molar-refractivity contribution is 0.0938. The van der Waals surface area contributed by atoms with Crippen molar-refractivity contribution in [2.45, 2.75) is 27.7 Å². The molecule has 1 rings (SSSR count). The van der Waals surface area contributed by atoms with E-state index in [-0.39, 0.29) is 11.3 Å². The Hall–Kier alpha value is -1.51. The molecule has 1 atom stereocenters. The Labute approximate surface area is 110 Å². The summed E-state index contributed by atoms with van der Waals surface area (Å²) >= 11 is 0. The molecule has 100 valence electrons. The van der Waals surface area contributed by atoms with Crippen LogP contribution in [0.3, 0.4) is 0 Å². The number of anilines is 1. The van der Waals surface area contributed by atoms with E-state index in [4.69, 9.17) is 0 Å². The molecule has 0 radical (unpaired) electrons. The molecule has 1 amide bonds. The van der Waals surface area contributed by atoms with Crippen LogP contribution >= 0.6 is 0 Å². The van der Waals surface area contributed by atoms with Crippen molar-refractivity contribution in [1.82, 2.24) is 5.32 Å². The topological polar surface area (TPSA) is 41.1 Å². The van der Waals surface area contributed by atoms with Gasteiger partial charge in [0.1, 0.15) is 0 Å². The average Bonchev–Trinajstić information content (AvgIpc) is 2.34. The van der Waals surface area contributed by atoms with E-state index in [0.29, 0.717) is 18.0 Å². The van der Waals surface area contributed by atoms with Gasteiger partial charge in [0.2, 0.25) is 0 Å². The van der Waals surface area contributed by atoms with E-state index >= 15 is 0 Å². The van der Waals surface area contributed by atoms with Crippen LogP contribution in [0.2, 0.25) is 0 Å². The Balaban J connectivity index is 2.66. The largest absolute Gasteiger partial charge is 0.387 e. The molecule has 0 saturated heterocycles. The predicted octanol–water partition coefficient (Wildman–Crippen LogP) is 3.14. The molecule has 0 fully saturated rings. The highest BCUT2D eigenvalue weighted by Gasteiger charge is 2.20. The minimum Gasteiger partial charge on any atom is -0.387 e. The number of hydrogen-bond acceptors (Lipinski definition) is 2. The third kappa shape index (κ3) is 3.76. The fraction of sp³-hybridized carbons (Fsp3) is 0.533. The van der Waals surface area contributed by atoms with Crippen LogP contribution in [0.1, 0.15) is 38.1 Å². The maximum Gasteiger partial charge on any atom is 0.253 e. The number of benzene rings is 1. The fourth-order valence-corrected chi connectivity index (χ4v) is 1.55. The van der Waals surface area contributed by atoms with E-state index in [1.165, 1.54) is 0 Å². The normalized spacial score (nSPS) is 12.9. The third-order valence-electron chi connectivity index (χ3n) is 3.49. The summed E-state index contributed by atoms with van der Waals surface area (Å²) in [5.74, 6) is 0.416. The van der Waals surface area contributed by atoms with Gasteiger partial charge in [-0.2, -0.15) is 0 Å². The van der Waals surface area contributed by atoms with Crippen LogP contribution in [0.15, 0.2) is 24.3 Å². The molecule has 0 spiro atoms. The molecule has 3 heteroatoms. The van der Waals surface area contributed by atoms with Crippen LogP contribution in [0.4, 0.5) is 5.69 Å². The highest BCUT2D eigenvalue weighted by Crippen LogP contribution is 2.24.